The van der Waals surface area contributed by atoms with Crippen LogP contribution in [0.4, 0.5) is 0 Å². The Morgan fingerprint density at radius 3 is 2.71 bits per heavy atom. The van der Waals surface area contributed by atoms with Gasteiger partial charge in [-0.3, -0.25) is 0 Å². The molecule has 1 atom stereocenters. The second kappa shape index (κ2) is 6.68. The summed E-state index contributed by atoms with van der Waals surface area (Å²) in [5.74, 6) is 0.128. The van der Waals surface area contributed by atoms with Crippen LogP contribution in [-0.4, -0.2) is 46.0 Å². The fourth-order valence-corrected chi connectivity index (χ4v) is 2.90. The molecule has 5 nitrogen and oxygen atoms in total. The molecule has 102 valence electrons. The van der Waals surface area contributed by atoms with Crippen LogP contribution < -0.4 is 10.0 Å². The van der Waals surface area contributed by atoms with Crippen molar-refractivity contribution in [3.63, 3.8) is 0 Å². The number of nitrogens with one attached hydrogen (secondary N) is 2. The number of ether oxygens (including phenoxy) is 1. The first-order chi connectivity index (χ1) is 7.97. The Kier molecular flexibility index (Phi) is 5.85. The van der Waals surface area contributed by atoms with E-state index in [2.05, 4.69) is 17.0 Å². The minimum atomic E-state index is -3.18. The molecule has 0 amide bonds. The van der Waals surface area contributed by atoms with Gasteiger partial charge in [-0.1, -0.05) is 6.92 Å². The highest BCUT2D eigenvalue weighted by Gasteiger charge is 2.30. The maximum atomic E-state index is 11.7. The van der Waals surface area contributed by atoms with Crippen molar-refractivity contribution in [3.05, 3.63) is 0 Å². The SMILES string of the molecule is CCCNCCS(=O)(=O)NCC1(C)CCCO1. The molecule has 1 saturated heterocycles. The average Bonchev–Trinajstić information content (AvgIpc) is 2.70. The monoisotopic (exact) mass is 264 g/mol. The molecule has 0 aliphatic carbocycles. The third-order valence-electron chi connectivity index (χ3n) is 2.94. The van der Waals surface area contributed by atoms with Crippen molar-refractivity contribution in [2.24, 2.45) is 0 Å². The number of rotatable bonds is 8. The molecule has 6 heteroatoms. The normalized spacial score (nSPS) is 25.3. The van der Waals surface area contributed by atoms with Crippen molar-refractivity contribution < 1.29 is 13.2 Å². The topological polar surface area (TPSA) is 67.4 Å². The van der Waals surface area contributed by atoms with Gasteiger partial charge >= 0.3 is 0 Å². The van der Waals surface area contributed by atoms with E-state index in [1.54, 1.807) is 0 Å². The lowest BCUT2D eigenvalue weighted by Gasteiger charge is -2.23. The van der Waals surface area contributed by atoms with Crippen molar-refractivity contribution in [2.75, 3.05) is 32.0 Å². The van der Waals surface area contributed by atoms with Gasteiger partial charge in [0.2, 0.25) is 10.0 Å². The van der Waals surface area contributed by atoms with Crippen molar-refractivity contribution in [2.45, 2.75) is 38.7 Å². The Bertz CT molecular complexity index is 311. The van der Waals surface area contributed by atoms with E-state index < -0.39 is 10.0 Å². The summed E-state index contributed by atoms with van der Waals surface area (Å²) in [7, 11) is -3.18. The molecule has 0 spiro atoms. The molecule has 0 aromatic rings. The van der Waals surface area contributed by atoms with E-state index in [1.165, 1.54) is 0 Å². The van der Waals surface area contributed by atoms with Crippen LogP contribution in [-0.2, 0) is 14.8 Å². The first-order valence-electron chi connectivity index (χ1n) is 6.29. The molecule has 0 aromatic heterocycles. The molecule has 0 saturated carbocycles. The van der Waals surface area contributed by atoms with Gasteiger partial charge < -0.3 is 10.1 Å². The lowest BCUT2D eigenvalue weighted by atomic mass is 10.0. The Labute approximate surface area is 104 Å². The summed E-state index contributed by atoms with van der Waals surface area (Å²) in [5, 5.41) is 3.08. The fourth-order valence-electron chi connectivity index (χ4n) is 1.82. The van der Waals surface area contributed by atoms with E-state index in [4.69, 9.17) is 4.74 Å². The van der Waals surface area contributed by atoms with Crippen LogP contribution in [0.15, 0.2) is 0 Å². The number of hydrogen-bond donors (Lipinski definition) is 2. The molecule has 1 aliphatic rings. The van der Waals surface area contributed by atoms with Gasteiger partial charge in [0.15, 0.2) is 0 Å². The minimum Gasteiger partial charge on any atom is -0.374 e. The summed E-state index contributed by atoms with van der Waals surface area (Å²) in [6, 6.07) is 0. The Morgan fingerprint density at radius 1 is 1.35 bits per heavy atom. The van der Waals surface area contributed by atoms with Gasteiger partial charge in [0, 0.05) is 19.7 Å². The highest BCUT2D eigenvalue weighted by atomic mass is 32.2. The average molecular weight is 264 g/mol. The van der Waals surface area contributed by atoms with Crippen LogP contribution in [0.2, 0.25) is 0 Å². The third kappa shape index (κ3) is 5.81. The molecule has 1 fully saturated rings. The molecule has 0 radical (unpaired) electrons. The molecule has 1 unspecified atom stereocenters. The van der Waals surface area contributed by atoms with Gasteiger partial charge in [0.25, 0.3) is 0 Å². The van der Waals surface area contributed by atoms with E-state index in [0.29, 0.717) is 13.1 Å². The molecule has 0 aromatic carbocycles. The van der Waals surface area contributed by atoms with Crippen LogP contribution in [0, 0.1) is 0 Å². The predicted octanol–water partition coefficient (Wildman–Crippen LogP) is 0.475. The first kappa shape index (κ1) is 14.9. The number of sulfonamides is 1. The largest absolute Gasteiger partial charge is 0.374 e. The van der Waals surface area contributed by atoms with Crippen molar-refractivity contribution in [1.82, 2.24) is 10.0 Å². The van der Waals surface area contributed by atoms with E-state index in [1.807, 2.05) is 6.92 Å². The van der Waals surface area contributed by atoms with Crippen LogP contribution in [0.5, 0.6) is 0 Å². The summed E-state index contributed by atoms with van der Waals surface area (Å²) in [6.07, 6.45) is 2.94. The summed E-state index contributed by atoms with van der Waals surface area (Å²) in [6.45, 7) is 6.48. The van der Waals surface area contributed by atoms with Crippen LogP contribution in [0.3, 0.4) is 0 Å². The molecule has 1 aliphatic heterocycles. The molecular formula is C11H24N2O3S. The quantitative estimate of drug-likeness (QED) is 0.626. The van der Waals surface area contributed by atoms with Crippen LogP contribution in [0.1, 0.15) is 33.1 Å². The minimum absolute atomic E-state index is 0.128. The Balaban J connectivity index is 2.24. The summed E-state index contributed by atoms with van der Waals surface area (Å²) in [5.41, 5.74) is -0.316. The molecule has 1 rings (SSSR count). The fraction of sp³-hybridized carbons (Fsp3) is 1.00. The maximum absolute atomic E-state index is 11.7. The zero-order valence-electron chi connectivity index (χ0n) is 10.8. The predicted molar refractivity (Wildman–Crippen MR) is 68.5 cm³/mol. The molecule has 0 bridgehead atoms. The van der Waals surface area contributed by atoms with E-state index in [9.17, 15) is 8.42 Å². The first-order valence-corrected chi connectivity index (χ1v) is 7.95. The zero-order valence-corrected chi connectivity index (χ0v) is 11.6. The van der Waals surface area contributed by atoms with Crippen molar-refractivity contribution >= 4 is 10.0 Å². The van der Waals surface area contributed by atoms with E-state index >= 15 is 0 Å². The van der Waals surface area contributed by atoms with E-state index in [0.717, 1.165) is 32.4 Å². The summed E-state index contributed by atoms with van der Waals surface area (Å²) >= 11 is 0. The zero-order chi connectivity index (χ0) is 12.8. The molecular weight excluding hydrogens is 240 g/mol. The smallest absolute Gasteiger partial charge is 0.212 e. The lowest BCUT2D eigenvalue weighted by molar-refractivity contribution is 0.0250. The van der Waals surface area contributed by atoms with Gasteiger partial charge in [-0.05, 0) is 32.7 Å². The van der Waals surface area contributed by atoms with Gasteiger partial charge in [-0.25, -0.2) is 13.1 Å². The highest BCUT2D eigenvalue weighted by Crippen LogP contribution is 2.23. The van der Waals surface area contributed by atoms with Crippen LogP contribution in [0.25, 0.3) is 0 Å². The molecule has 17 heavy (non-hydrogen) atoms. The highest BCUT2D eigenvalue weighted by molar-refractivity contribution is 7.89. The van der Waals surface area contributed by atoms with Crippen molar-refractivity contribution in [3.8, 4) is 0 Å². The van der Waals surface area contributed by atoms with Gasteiger partial charge in [-0.15, -0.1) is 0 Å². The third-order valence-corrected chi connectivity index (χ3v) is 4.27. The Morgan fingerprint density at radius 2 is 2.12 bits per heavy atom. The molecule has 2 N–H and O–H groups in total. The van der Waals surface area contributed by atoms with Gasteiger partial charge in [0.1, 0.15) is 0 Å². The van der Waals surface area contributed by atoms with Gasteiger partial charge in [-0.2, -0.15) is 0 Å². The molecule has 1 heterocycles. The standard InChI is InChI=1S/C11H24N2O3S/c1-3-6-12-7-9-17(14,15)13-10-11(2)5-4-8-16-11/h12-13H,3-10H2,1-2H3. The van der Waals surface area contributed by atoms with Crippen molar-refractivity contribution in [1.29, 1.82) is 0 Å². The van der Waals surface area contributed by atoms with Gasteiger partial charge in [0.05, 0.1) is 11.4 Å². The second-order valence-electron chi connectivity index (χ2n) is 4.79. The maximum Gasteiger partial charge on any atom is 0.212 e. The second-order valence-corrected chi connectivity index (χ2v) is 6.72. The van der Waals surface area contributed by atoms with Crippen LogP contribution >= 0.6 is 0 Å². The van der Waals surface area contributed by atoms with E-state index in [-0.39, 0.29) is 11.4 Å². The summed E-state index contributed by atoms with van der Waals surface area (Å²) in [4.78, 5) is 0. The summed E-state index contributed by atoms with van der Waals surface area (Å²) < 4.78 is 31.5. The number of hydrogen-bond acceptors (Lipinski definition) is 4. The lowest BCUT2D eigenvalue weighted by Crippen LogP contribution is -2.42. The Hall–Kier alpha value is -0.170.